The second kappa shape index (κ2) is 3.92. The summed E-state index contributed by atoms with van der Waals surface area (Å²) >= 11 is 6.03. The van der Waals surface area contributed by atoms with Crippen molar-refractivity contribution in [2.24, 2.45) is 4.99 Å². The van der Waals surface area contributed by atoms with Crippen molar-refractivity contribution in [3.05, 3.63) is 11.6 Å². The first-order valence-corrected chi connectivity index (χ1v) is 4.51. The summed E-state index contributed by atoms with van der Waals surface area (Å²) in [6, 6.07) is 0. The van der Waals surface area contributed by atoms with Gasteiger partial charge in [0.25, 0.3) is 0 Å². The molecule has 72 valence electrons. The molecule has 1 atom stereocenters. The van der Waals surface area contributed by atoms with Crippen LogP contribution in [0.25, 0.3) is 0 Å². The summed E-state index contributed by atoms with van der Waals surface area (Å²) in [6.07, 6.45) is 3.37. The molecule has 0 saturated carbocycles. The average Bonchev–Trinajstić information content (AvgIpc) is 2.04. The van der Waals surface area contributed by atoms with Crippen LogP contribution in [0.15, 0.2) is 16.6 Å². The molecular weight excluding hydrogens is 190 g/mol. The van der Waals surface area contributed by atoms with Crippen LogP contribution in [-0.2, 0) is 9.53 Å². The van der Waals surface area contributed by atoms with Gasteiger partial charge >= 0.3 is 5.97 Å². The Bertz CT molecular complexity index is 273. The lowest BCUT2D eigenvalue weighted by Gasteiger charge is -2.22. The zero-order valence-electron chi connectivity index (χ0n) is 7.71. The standard InChI is InChI=1S/C9H12ClNO2/c1-3-13-8(12)9(10)4-7(2)5-11-6-9/h4-5H,3,6H2,1-2H3. The Hall–Kier alpha value is -0.830. The fraction of sp³-hybridized carbons (Fsp3) is 0.556. The molecule has 1 rings (SSSR count). The Morgan fingerprint density at radius 1 is 1.85 bits per heavy atom. The SMILES string of the molecule is CCOC(=O)C1(Cl)C=C(C)C=NC1. The average molecular weight is 202 g/mol. The molecule has 13 heavy (non-hydrogen) atoms. The van der Waals surface area contributed by atoms with Crippen molar-refractivity contribution in [1.29, 1.82) is 0 Å². The lowest BCUT2D eigenvalue weighted by atomic mass is 10.0. The highest BCUT2D eigenvalue weighted by molar-refractivity contribution is 6.36. The van der Waals surface area contributed by atoms with Gasteiger partial charge in [0.2, 0.25) is 0 Å². The van der Waals surface area contributed by atoms with E-state index >= 15 is 0 Å². The van der Waals surface area contributed by atoms with Gasteiger partial charge in [-0.15, -0.1) is 0 Å². The minimum absolute atomic E-state index is 0.255. The van der Waals surface area contributed by atoms with Crippen LogP contribution in [0.3, 0.4) is 0 Å². The van der Waals surface area contributed by atoms with Crippen LogP contribution in [0, 0.1) is 0 Å². The second-order valence-corrected chi connectivity index (χ2v) is 3.62. The predicted octanol–water partition coefficient (Wildman–Crippen LogP) is 1.56. The number of dihydropyridines is 1. The van der Waals surface area contributed by atoms with Crippen LogP contribution in [-0.4, -0.2) is 30.2 Å². The number of esters is 1. The molecule has 0 saturated heterocycles. The molecule has 1 unspecified atom stereocenters. The summed E-state index contributed by atoms with van der Waals surface area (Å²) in [5, 5.41) is 0. The fourth-order valence-corrected chi connectivity index (χ4v) is 1.44. The molecule has 1 heterocycles. The number of carbonyl (C=O) groups excluding carboxylic acids is 1. The van der Waals surface area contributed by atoms with E-state index in [0.717, 1.165) is 5.57 Å². The largest absolute Gasteiger partial charge is 0.464 e. The topological polar surface area (TPSA) is 38.7 Å². The highest BCUT2D eigenvalue weighted by Gasteiger charge is 2.36. The minimum Gasteiger partial charge on any atom is -0.464 e. The highest BCUT2D eigenvalue weighted by Crippen LogP contribution is 2.24. The number of aliphatic imine (C=N–C) groups is 1. The van der Waals surface area contributed by atoms with E-state index in [1.54, 1.807) is 19.2 Å². The quantitative estimate of drug-likeness (QED) is 0.503. The van der Waals surface area contributed by atoms with Gasteiger partial charge in [-0.05, 0) is 25.5 Å². The third-order valence-electron chi connectivity index (χ3n) is 1.69. The second-order valence-electron chi connectivity index (χ2n) is 2.94. The molecule has 0 aromatic carbocycles. The van der Waals surface area contributed by atoms with Crippen molar-refractivity contribution in [2.75, 3.05) is 13.2 Å². The Morgan fingerprint density at radius 2 is 2.54 bits per heavy atom. The normalized spacial score (nSPS) is 26.8. The van der Waals surface area contributed by atoms with E-state index in [1.165, 1.54) is 0 Å². The van der Waals surface area contributed by atoms with Gasteiger partial charge in [0, 0.05) is 6.21 Å². The van der Waals surface area contributed by atoms with E-state index in [1.807, 2.05) is 6.92 Å². The van der Waals surface area contributed by atoms with Crippen molar-refractivity contribution < 1.29 is 9.53 Å². The number of rotatable bonds is 2. The summed E-state index contributed by atoms with van der Waals surface area (Å²) in [4.78, 5) is 14.3. The van der Waals surface area contributed by atoms with E-state index in [9.17, 15) is 4.79 Å². The number of carbonyl (C=O) groups is 1. The maximum atomic E-state index is 11.4. The molecule has 0 amide bonds. The number of allylic oxidation sites excluding steroid dienone is 1. The van der Waals surface area contributed by atoms with Gasteiger partial charge in [0.05, 0.1) is 13.2 Å². The van der Waals surface area contributed by atoms with Crippen LogP contribution < -0.4 is 0 Å². The molecule has 0 fully saturated rings. The van der Waals surface area contributed by atoms with Gasteiger partial charge in [-0.3, -0.25) is 4.99 Å². The smallest absolute Gasteiger partial charge is 0.333 e. The van der Waals surface area contributed by atoms with E-state index in [0.29, 0.717) is 6.61 Å². The summed E-state index contributed by atoms with van der Waals surface area (Å²) in [7, 11) is 0. The van der Waals surface area contributed by atoms with Crippen molar-refractivity contribution in [2.45, 2.75) is 18.7 Å². The minimum atomic E-state index is -1.09. The summed E-state index contributed by atoms with van der Waals surface area (Å²) in [6.45, 7) is 4.19. The first kappa shape index (κ1) is 10.3. The monoisotopic (exact) mass is 201 g/mol. The van der Waals surface area contributed by atoms with Gasteiger partial charge in [0.1, 0.15) is 0 Å². The molecule has 0 radical (unpaired) electrons. The Balaban J connectivity index is 2.77. The van der Waals surface area contributed by atoms with Crippen LogP contribution >= 0.6 is 11.6 Å². The van der Waals surface area contributed by atoms with E-state index < -0.39 is 10.8 Å². The summed E-state index contributed by atoms with van der Waals surface area (Å²) < 4.78 is 4.84. The van der Waals surface area contributed by atoms with Crippen molar-refractivity contribution in [3.63, 3.8) is 0 Å². The molecular formula is C9H12ClNO2. The summed E-state index contributed by atoms with van der Waals surface area (Å²) in [5.74, 6) is -0.423. The molecule has 0 aliphatic carbocycles. The van der Waals surface area contributed by atoms with Gasteiger partial charge < -0.3 is 4.74 Å². The zero-order chi connectivity index (χ0) is 9.90. The molecule has 0 aromatic heterocycles. The van der Waals surface area contributed by atoms with Crippen molar-refractivity contribution in [3.8, 4) is 0 Å². The molecule has 0 aromatic rings. The van der Waals surface area contributed by atoms with Crippen LogP contribution in [0.2, 0.25) is 0 Å². The van der Waals surface area contributed by atoms with E-state index in [4.69, 9.17) is 16.3 Å². The zero-order valence-corrected chi connectivity index (χ0v) is 8.47. The van der Waals surface area contributed by atoms with Gasteiger partial charge in [-0.1, -0.05) is 11.6 Å². The first-order valence-electron chi connectivity index (χ1n) is 4.14. The van der Waals surface area contributed by atoms with Crippen LogP contribution in [0.1, 0.15) is 13.8 Å². The lowest BCUT2D eigenvalue weighted by Crippen LogP contribution is -2.37. The maximum Gasteiger partial charge on any atom is 0.333 e. The third kappa shape index (κ3) is 2.31. The fourth-order valence-electron chi connectivity index (χ4n) is 1.14. The van der Waals surface area contributed by atoms with Gasteiger partial charge in [-0.25, -0.2) is 4.79 Å². The molecule has 4 heteroatoms. The first-order chi connectivity index (χ1) is 6.08. The van der Waals surface area contributed by atoms with Crippen molar-refractivity contribution in [1.82, 2.24) is 0 Å². The van der Waals surface area contributed by atoms with Gasteiger partial charge in [-0.2, -0.15) is 0 Å². The van der Waals surface area contributed by atoms with E-state index in [2.05, 4.69) is 4.99 Å². The molecule has 3 nitrogen and oxygen atoms in total. The Kier molecular flexibility index (Phi) is 3.09. The molecule has 0 bridgehead atoms. The number of halogens is 1. The Morgan fingerprint density at radius 3 is 3.08 bits per heavy atom. The number of hydrogen-bond acceptors (Lipinski definition) is 3. The number of hydrogen-bond donors (Lipinski definition) is 0. The van der Waals surface area contributed by atoms with Crippen LogP contribution in [0.5, 0.6) is 0 Å². The number of ether oxygens (including phenoxy) is 1. The molecule has 0 spiro atoms. The number of alkyl halides is 1. The van der Waals surface area contributed by atoms with Crippen LogP contribution in [0.4, 0.5) is 0 Å². The number of nitrogens with zero attached hydrogens (tertiary/aromatic N) is 1. The Labute approximate surface area is 82.4 Å². The van der Waals surface area contributed by atoms with Crippen molar-refractivity contribution >= 4 is 23.8 Å². The maximum absolute atomic E-state index is 11.4. The van der Waals surface area contributed by atoms with E-state index in [-0.39, 0.29) is 6.54 Å². The third-order valence-corrected chi connectivity index (χ3v) is 2.07. The lowest BCUT2D eigenvalue weighted by molar-refractivity contribution is -0.144. The van der Waals surface area contributed by atoms with Gasteiger partial charge in [0.15, 0.2) is 4.87 Å². The molecule has 1 aliphatic heterocycles. The molecule has 1 aliphatic rings. The highest BCUT2D eigenvalue weighted by atomic mass is 35.5. The summed E-state index contributed by atoms with van der Waals surface area (Å²) in [5.41, 5.74) is 0.884. The predicted molar refractivity (Wildman–Crippen MR) is 52.3 cm³/mol. The molecule has 0 N–H and O–H groups in total.